The maximum absolute atomic E-state index is 13.1. The van der Waals surface area contributed by atoms with Gasteiger partial charge in [0.25, 0.3) is 5.89 Å². The number of ether oxygens (including phenoxy) is 1. The number of rotatable bonds is 4. The molecule has 29 heavy (non-hydrogen) atoms. The predicted molar refractivity (Wildman–Crippen MR) is 110 cm³/mol. The Morgan fingerprint density at radius 3 is 2.59 bits per heavy atom. The van der Waals surface area contributed by atoms with Gasteiger partial charge in [-0.05, 0) is 31.9 Å². The van der Waals surface area contributed by atoms with Gasteiger partial charge in [0.15, 0.2) is 11.9 Å². The Morgan fingerprint density at radius 1 is 1.17 bits per heavy atom. The Morgan fingerprint density at radius 2 is 1.90 bits per heavy atom. The summed E-state index contributed by atoms with van der Waals surface area (Å²) in [6, 6.07) is 9.65. The smallest absolute Gasteiger partial charge is 0.342 e. The molecule has 1 saturated heterocycles. The normalized spacial score (nSPS) is 15.7. The minimum Gasteiger partial charge on any atom is -0.449 e. The molecule has 1 atom stereocenters. The van der Waals surface area contributed by atoms with E-state index in [1.165, 1.54) is 0 Å². The molecule has 0 aliphatic carbocycles. The molecule has 0 radical (unpaired) electrons. The largest absolute Gasteiger partial charge is 0.449 e. The Labute approximate surface area is 170 Å². The van der Waals surface area contributed by atoms with Gasteiger partial charge in [0.2, 0.25) is 0 Å². The van der Waals surface area contributed by atoms with Crippen molar-refractivity contribution in [1.82, 2.24) is 15.1 Å². The molecule has 2 aromatic heterocycles. The molecule has 1 aliphatic rings. The summed E-state index contributed by atoms with van der Waals surface area (Å²) in [5.41, 5.74) is 1.09. The van der Waals surface area contributed by atoms with Gasteiger partial charge in [0.1, 0.15) is 11.4 Å². The molecule has 7 heteroatoms. The van der Waals surface area contributed by atoms with Gasteiger partial charge in [0.05, 0.1) is 5.52 Å². The van der Waals surface area contributed by atoms with Crippen LogP contribution in [0.2, 0.25) is 0 Å². The summed E-state index contributed by atoms with van der Waals surface area (Å²) < 4.78 is 11.0. The van der Waals surface area contributed by atoms with Crippen molar-refractivity contribution in [3.05, 3.63) is 47.6 Å². The summed E-state index contributed by atoms with van der Waals surface area (Å²) in [6.45, 7) is 9.52. The van der Waals surface area contributed by atoms with Gasteiger partial charge in [-0.1, -0.05) is 44.1 Å². The number of fused-ring (bicyclic) bond motifs is 1. The number of hydrogen-bond donors (Lipinski definition) is 0. The standard InChI is InChI=1S/C22H26N4O3/c1-14(19-24-21(25-29-19)22(2,3)4)28-20(27)16-13-15-9-5-6-10-17(15)23-18(16)26-11-7-8-12-26/h5-6,9-10,13-14H,7-8,11-12H2,1-4H3. The summed E-state index contributed by atoms with van der Waals surface area (Å²) in [5.74, 6) is 1.12. The van der Waals surface area contributed by atoms with E-state index in [0.29, 0.717) is 23.1 Å². The third-order valence-electron chi connectivity index (χ3n) is 5.07. The zero-order valence-corrected chi connectivity index (χ0v) is 17.3. The van der Waals surface area contributed by atoms with Crippen molar-refractivity contribution < 1.29 is 14.1 Å². The minimum atomic E-state index is -0.649. The molecule has 1 aliphatic heterocycles. The summed E-state index contributed by atoms with van der Waals surface area (Å²) in [6.07, 6.45) is 1.54. The minimum absolute atomic E-state index is 0.239. The van der Waals surface area contributed by atoms with Crippen LogP contribution >= 0.6 is 0 Å². The lowest BCUT2D eigenvalue weighted by Crippen LogP contribution is -2.23. The average molecular weight is 394 g/mol. The molecule has 0 N–H and O–H groups in total. The quantitative estimate of drug-likeness (QED) is 0.605. The van der Waals surface area contributed by atoms with Gasteiger partial charge in [-0.3, -0.25) is 0 Å². The number of hydrogen-bond acceptors (Lipinski definition) is 7. The fraction of sp³-hybridized carbons (Fsp3) is 0.455. The van der Waals surface area contributed by atoms with Crippen LogP contribution in [0.3, 0.4) is 0 Å². The molecule has 1 fully saturated rings. The van der Waals surface area contributed by atoms with Crippen LogP contribution in [0.1, 0.15) is 68.7 Å². The second-order valence-corrected chi connectivity index (χ2v) is 8.50. The van der Waals surface area contributed by atoms with Crippen LogP contribution in [-0.2, 0) is 10.2 Å². The molecule has 1 unspecified atom stereocenters. The second kappa shape index (κ2) is 7.46. The zero-order valence-electron chi connectivity index (χ0n) is 17.3. The molecule has 0 amide bonds. The first-order valence-electron chi connectivity index (χ1n) is 10.0. The maximum atomic E-state index is 13.1. The molecular weight excluding hydrogens is 368 g/mol. The lowest BCUT2D eigenvalue weighted by atomic mass is 9.96. The highest BCUT2D eigenvalue weighted by Crippen LogP contribution is 2.29. The molecule has 0 bridgehead atoms. The highest BCUT2D eigenvalue weighted by Gasteiger charge is 2.28. The van der Waals surface area contributed by atoms with Gasteiger partial charge in [-0.15, -0.1) is 0 Å². The van der Waals surface area contributed by atoms with Crippen molar-refractivity contribution >= 4 is 22.7 Å². The van der Waals surface area contributed by atoms with E-state index in [1.807, 2.05) is 51.1 Å². The molecule has 7 nitrogen and oxygen atoms in total. The van der Waals surface area contributed by atoms with Crippen LogP contribution < -0.4 is 4.90 Å². The van der Waals surface area contributed by atoms with Gasteiger partial charge >= 0.3 is 5.97 Å². The molecule has 3 aromatic rings. The van der Waals surface area contributed by atoms with E-state index in [9.17, 15) is 4.79 Å². The van der Waals surface area contributed by atoms with Crippen LogP contribution in [0.4, 0.5) is 5.82 Å². The van der Waals surface area contributed by atoms with Crippen molar-refractivity contribution in [1.29, 1.82) is 0 Å². The molecule has 0 saturated carbocycles. The molecule has 152 valence electrons. The Hall–Kier alpha value is -2.96. The fourth-order valence-electron chi connectivity index (χ4n) is 3.41. The topological polar surface area (TPSA) is 81.4 Å². The highest BCUT2D eigenvalue weighted by atomic mass is 16.6. The zero-order chi connectivity index (χ0) is 20.6. The van der Waals surface area contributed by atoms with Crippen molar-refractivity contribution in [3.8, 4) is 0 Å². The van der Waals surface area contributed by atoms with Crippen molar-refractivity contribution in [3.63, 3.8) is 0 Å². The highest BCUT2D eigenvalue weighted by molar-refractivity contribution is 5.99. The summed E-state index contributed by atoms with van der Waals surface area (Å²) in [5, 5.41) is 4.92. The van der Waals surface area contributed by atoms with Crippen molar-refractivity contribution in [2.24, 2.45) is 0 Å². The van der Waals surface area contributed by atoms with Crippen molar-refractivity contribution in [2.75, 3.05) is 18.0 Å². The van der Waals surface area contributed by atoms with Crippen LogP contribution in [0.15, 0.2) is 34.9 Å². The first kappa shape index (κ1) is 19.4. The number of carbonyl (C=O) groups excluding carboxylic acids is 1. The van der Waals surface area contributed by atoms with E-state index in [-0.39, 0.29) is 5.41 Å². The lowest BCUT2D eigenvalue weighted by molar-refractivity contribution is 0.0266. The van der Waals surface area contributed by atoms with Crippen LogP contribution in [0.5, 0.6) is 0 Å². The molecule has 3 heterocycles. The Balaban J connectivity index is 1.63. The summed E-state index contributed by atoms with van der Waals surface area (Å²) in [7, 11) is 0. The number of esters is 1. The third kappa shape index (κ3) is 3.95. The summed E-state index contributed by atoms with van der Waals surface area (Å²) >= 11 is 0. The number of benzene rings is 1. The molecule has 1 aromatic carbocycles. The first-order chi connectivity index (χ1) is 13.8. The van der Waals surface area contributed by atoms with Gasteiger partial charge in [0, 0.05) is 23.9 Å². The van der Waals surface area contributed by atoms with E-state index >= 15 is 0 Å². The molecular formula is C22H26N4O3. The van der Waals surface area contributed by atoms with E-state index in [2.05, 4.69) is 15.0 Å². The van der Waals surface area contributed by atoms with E-state index < -0.39 is 12.1 Å². The lowest BCUT2D eigenvalue weighted by Gasteiger charge is -2.20. The van der Waals surface area contributed by atoms with Crippen molar-refractivity contribution in [2.45, 2.75) is 52.1 Å². The number of aromatic nitrogens is 3. The van der Waals surface area contributed by atoms with Gasteiger partial charge < -0.3 is 14.2 Å². The number of pyridine rings is 1. The Bertz CT molecular complexity index is 1030. The number of nitrogens with zero attached hydrogens (tertiary/aromatic N) is 4. The van der Waals surface area contributed by atoms with Gasteiger partial charge in [-0.25, -0.2) is 9.78 Å². The maximum Gasteiger partial charge on any atom is 0.342 e. The first-order valence-corrected chi connectivity index (χ1v) is 10.0. The number of anilines is 1. The van der Waals surface area contributed by atoms with Crippen LogP contribution in [-0.4, -0.2) is 34.2 Å². The fourth-order valence-corrected chi connectivity index (χ4v) is 3.41. The third-order valence-corrected chi connectivity index (χ3v) is 5.07. The van der Waals surface area contributed by atoms with E-state index in [4.69, 9.17) is 14.2 Å². The average Bonchev–Trinajstić information content (AvgIpc) is 3.38. The van der Waals surface area contributed by atoms with Crippen LogP contribution in [0, 0.1) is 0 Å². The van der Waals surface area contributed by atoms with Gasteiger partial charge in [-0.2, -0.15) is 4.98 Å². The second-order valence-electron chi connectivity index (χ2n) is 8.50. The number of para-hydroxylation sites is 1. The molecule has 0 spiro atoms. The van der Waals surface area contributed by atoms with Crippen LogP contribution in [0.25, 0.3) is 10.9 Å². The SMILES string of the molecule is CC(OC(=O)c1cc2ccccc2nc1N1CCCC1)c1nc(C(C)(C)C)no1. The summed E-state index contributed by atoms with van der Waals surface area (Å²) in [4.78, 5) is 24.4. The number of carbonyl (C=O) groups is 1. The van der Waals surface area contributed by atoms with E-state index in [1.54, 1.807) is 6.92 Å². The molecule has 4 rings (SSSR count). The van der Waals surface area contributed by atoms with E-state index in [0.717, 1.165) is 36.8 Å². The Kier molecular flexibility index (Phi) is 4.98. The predicted octanol–water partition coefficient (Wildman–Crippen LogP) is 4.43. The monoisotopic (exact) mass is 394 g/mol.